The van der Waals surface area contributed by atoms with E-state index in [2.05, 4.69) is 18.3 Å². The fourth-order valence-corrected chi connectivity index (χ4v) is 0.844. The predicted molar refractivity (Wildman–Crippen MR) is 66.7 cm³/mol. The van der Waals surface area contributed by atoms with Gasteiger partial charge in [-0.25, -0.2) is 4.99 Å². The zero-order valence-corrected chi connectivity index (χ0v) is 10.0. The maximum atomic E-state index is 5.59. The first-order valence-corrected chi connectivity index (χ1v) is 4.83. The lowest BCUT2D eigenvalue weighted by Crippen LogP contribution is -1.94. The molecule has 2 heteroatoms. The van der Waals surface area contributed by atoms with Crippen LogP contribution in [0.3, 0.4) is 0 Å². The summed E-state index contributed by atoms with van der Waals surface area (Å²) < 4.78 is 5.59. The van der Waals surface area contributed by atoms with Crippen molar-refractivity contribution in [1.82, 2.24) is 0 Å². The standard InChI is InChI=1S/C13H19NO/c1-7-8-9-12(10(2)3)15-13(14-6)11(4)5/h7-9H,2,6H2,1,3-5H3/b8-7-,12-9+. The van der Waals surface area contributed by atoms with E-state index < -0.39 is 0 Å². The zero-order valence-electron chi connectivity index (χ0n) is 10.0. The lowest BCUT2D eigenvalue weighted by Gasteiger charge is -2.10. The molecule has 0 saturated carbocycles. The Morgan fingerprint density at radius 3 is 2.20 bits per heavy atom. The Morgan fingerprint density at radius 2 is 1.87 bits per heavy atom. The van der Waals surface area contributed by atoms with E-state index in [0.717, 1.165) is 11.1 Å². The summed E-state index contributed by atoms with van der Waals surface area (Å²) in [5.41, 5.74) is 1.84. The second-order valence-electron chi connectivity index (χ2n) is 3.40. The molecule has 0 aliphatic rings. The van der Waals surface area contributed by atoms with Crippen LogP contribution in [0.5, 0.6) is 0 Å². The SMILES string of the molecule is C=NC(O/C(=C/C=C\C)C(=C)C)=C(C)C. The van der Waals surface area contributed by atoms with Crippen molar-refractivity contribution < 1.29 is 4.74 Å². The molecular formula is C13H19NO. The molecule has 0 aliphatic heterocycles. The molecule has 15 heavy (non-hydrogen) atoms. The van der Waals surface area contributed by atoms with Gasteiger partial charge in [0.1, 0.15) is 5.76 Å². The number of hydrogen-bond donors (Lipinski definition) is 0. The van der Waals surface area contributed by atoms with E-state index in [1.807, 2.05) is 45.9 Å². The van der Waals surface area contributed by atoms with Gasteiger partial charge in [-0.1, -0.05) is 18.7 Å². The van der Waals surface area contributed by atoms with Crippen molar-refractivity contribution in [3.05, 3.63) is 47.6 Å². The molecule has 0 heterocycles. The van der Waals surface area contributed by atoms with Gasteiger partial charge in [0.25, 0.3) is 0 Å². The van der Waals surface area contributed by atoms with Crippen LogP contribution in [0.25, 0.3) is 0 Å². The molecular weight excluding hydrogens is 186 g/mol. The second kappa shape index (κ2) is 6.82. The minimum absolute atomic E-state index is 0.536. The maximum Gasteiger partial charge on any atom is 0.217 e. The molecule has 0 amide bonds. The van der Waals surface area contributed by atoms with E-state index in [1.54, 1.807) is 0 Å². The fourth-order valence-electron chi connectivity index (χ4n) is 0.844. The van der Waals surface area contributed by atoms with Crippen LogP contribution < -0.4 is 0 Å². The van der Waals surface area contributed by atoms with E-state index in [4.69, 9.17) is 4.74 Å². The first-order chi connectivity index (χ1) is 7.02. The van der Waals surface area contributed by atoms with Crippen LogP contribution in [0.1, 0.15) is 27.7 Å². The molecule has 0 bridgehead atoms. The first kappa shape index (κ1) is 13.4. The molecule has 0 fully saturated rings. The summed E-state index contributed by atoms with van der Waals surface area (Å²) in [7, 11) is 0. The molecule has 0 atom stereocenters. The molecule has 0 radical (unpaired) electrons. The molecule has 0 rings (SSSR count). The van der Waals surface area contributed by atoms with Gasteiger partial charge in [0.15, 0.2) is 0 Å². The summed E-state index contributed by atoms with van der Waals surface area (Å²) in [5, 5.41) is 0. The highest BCUT2D eigenvalue weighted by molar-refractivity contribution is 5.31. The van der Waals surface area contributed by atoms with Crippen molar-refractivity contribution in [2.75, 3.05) is 0 Å². The van der Waals surface area contributed by atoms with Gasteiger partial charge in [0.2, 0.25) is 5.88 Å². The molecule has 82 valence electrons. The fraction of sp³-hybridized carbons (Fsp3) is 0.308. The van der Waals surface area contributed by atoms with Gasteiger partial charge in [0, 0.05) is 0 Å². The first-order valence-electron chi connectivity index (χ1n) is 4.83. The highest BCUT2D eigenvalue weighted by Crippen LogP contribution is 2.17. The monoisotopic (exact) mass is 205 g/mol. The number of ether oxygens (including phenoxy) is 1. The molecule has 0 aromatic rings. The Kier molecular flexibility index (Phi) is 6.11. The van der Waals surface area contributed by atoms with Crippen molar-refractivity contribution >= 4 is 6.72 Å². The molecule has 0 N–H and O–H groups in total. The van der Waals surface area contributed by atoms with Crippen molar-refractivity contribution in [2.45, 2.75) is 27.7 Å². The zero-order chi connectivity index (χ0) is 11.8. The lowest BCUT2D eigenvalue weighted by molar-refractivity contribution is 0.307. The Hall–Kier alpha value is -1.57. The molecule has 0 aromatic heterocycles. The number of rotatable bonds is 5. The average Bonchev–Trinajstić information content (AvgIpc) is 2.17. The topological polar surface area (TPSA) is 21.6 Å². The van der Waals surface area contributed by atoms with E-state index in [-0.39, 0.29) is 0 Å². The molecule has 0 spiro atoms. The van der Waals surface area contributed by atoms with E-state index in [0.29, 0.717) is 11.6 Å². The molecule has 0 aromatic carbocycles. The highest BCUT2D eigenvalue weighted by atomic mass is 16.5. The van der Waals surface area contributed by atoms with Gasteiger partial charge in [-0.3, -0.25) is 0 Å². The molecule has 2 nitrogen and oxygen atoms in total. The van der Waals surface area contributed by atoms with Crippen molar-refractivity contribution in [2.24, 2.45) is 4.99 Å². The van der Waals surface area contributed by atoms with E-state index >= 15 is 0 Å². The van der Waals surface area contributed by atoms with Crippen LogP contribution in [0, 0.1) is 0 Å². The minimum Gasteiger partial charge on any atom is -0.439 e. The number of nitrogens with zero attached hydrogens (tertiary/aromatic N) is 1. The third kappa shape index (κ3) is 5.01. The Morgan fingerprint density at radius 1 is 1.27 bits per heavy atom. The average molecular weight is 205 g/mol. The third-order valence-corrected chi connectivity index (χ3v) is 1.64. The van der Waals surface area contributed by atoms with Gasteiger partial charge >= 0.3 is 0 Å². The largest absolute Gasteiger partial charge is 0.439 e. The summed E-state index contributed by atoms with van der Waals surface area (Å²) in [6.45, 7) is 15.0. The van der Waals surface area contributed by atoms with Crippen LogP contribution in [-0.4, -0.2) is 6.72 Å². The Bertz CT molecular complexity index is 328. The Labute approximate surface area is 92.4 Å². The maximum absolute atomic E-state index is 5.59. The molecule has 0 aliphatic carbocycles. The summed E-state index contributed by atoms with van der Waals surface area (Å²) in [6.07, 6.45) is 5.68. The summed E-state index contributed by atoms with van der Waals surface area (Å²) >= 11 is 0. The second-order valence-corrected chi connectivity index (χ2v) is 3.40. The summed E-state index contributed by atoms with van der Waals surface area (Å²) in [6, 6.07) is 0. The summed E-state index contributed by atoms with van der Waals surface area (Å²) in [4.78, 5) is 3.82. The number of hydrogen-bond acceptors (Lipinski definition) is 2. The molecule has 0 saturated heterocycles. The van der Waals surface area contributed by atoms with Crippen LogP contribution in [0.15, 0.2) is 52.6 Å². The van der Waals surface area contributed by atoms with Gasteiger partial charge in [-0.15, -0.1) is 0 Å². The van der Waals surface area contributed by atoms with Crippen LogP contribution in [0.2, 0.25) is 0 Å². The molecule has 0 unspecified atom stereocenters. The van der Waals surface area contributed by atoms with Crippen molar-refractivity contribution in [3.63, 3.8) is 0 Å². The van der Waals surface area contributed by atoms with E-state index in [9.17, 15) is 0 Å². The highest BCUT2D eigenvalue weighted by Gasteiger charge is 2.03. The number of allylic oxidation sites excluding steroid dienone is 5. The quantitative estimate of drug-likeness (QED) is 0.378. The number of aliphatic imine (C=N–C) groups is 1. The van der Waals surface area contributed by atoms with E-state index in [1.165, 1.54) is 0 Å². The van der Waals surface area contributed by atoms with Crippen LogP contribution in [-0.2, 0) is 4.74 Å². The van der Waals surface area contributed by atoms with Gasteiger partial charge in [0.05, 0.1) is 0 Å². The Balaban J connectivity index is 4.92. The van der Waals surface area contributed by atoms with Crippen LogP contribution in [0.4, 0.5) is 0 Å². The van der Waals surface area contributed by atoms with Crippen molar-refractivity contribution in [1.29, 1.82) is 0 Å². The minimum atomic E-state index is 0.536. The normalized spacial score (nSPS) is 11.3. The third-order valence-electron chi connectivity index (χ3n) is 1.64. The van der Waals surface area contributed by atoms with Gasteiger partial charge in [-0.05, 0) is 51.6 Å². The smallest absolute Gasteiger partial charge is 0.217 e. The van der Waals surface area contributed by atoms with Crippen LogP contribution >= 0.6 is 0 Å². The van der Waals surface area contributed by atoms with Crippen molar-refractivity contribution in [3.8, 4) is 0 Å². The lowest BCUT2D eigenvalue weighted by atomic mass is 10.2. The van der Waals surface area contributed by atoms with Gasteiger partial charge in [-0.2, -0.15) is 0 Å². The van der Waals surface area contributed by atoms with Gasteiger partial charge < -0.3 is 4.74 Å². The predicted octanol–water partition coefficient (Wildman–Crippen LogP) is 3.99. The summed E-state index contributed by atoms with van der Waals surface area (Å²) in [5.74, 6) is 1.24.